The fourth-order valence-electron chi connectivity index (χ4n) is 3.35. The third-order valence-corrected chi connectivity index (χ3v) is 7.96. The quantitative estimate of drug-likeness (QED) is 0.522. The number of hydrogen-bond acceptors (Lipinski definition) is 8. The summed E-state index contributed by atoms with van der Waals surface area (Å²) in [5, 5.41) is 13.5. The Kier molecular flexibility index (Phi) is 6.59. The molecule has 1 aromatic heterocycles. The molecule has 0 bridgehead atoms. The lowest BCUT2D eigenvalue weighted by atomic mass is 9.85. The maximum Gasteiger partial charge on any atom is 0.345 e. The maximum absolute atomic E-state index is 12.7. The van der Waals surface area contributed by atoms with Gasteiger partial charge in [-0.05, 0) is 43.0 Å². The third kappa shape index (κ3) is 5.10. The number of phenolic OH excluding ortho intramolecular Hbond substituents is 1. The van der Waals surface area contributed by atoms with E-state index in [2.05, 4.69) is 19.4 Å². The van der Waals surface area contributed by atoms with Gasteiger partial charge in [0.25, 0.3) is 0 Å². The molecule has 13 heteroatoms. The number of nitrogens with one attached hydrogen (secondary N) is 2. The first-order valence-electron chi connectivity index (χ1n) is 10.3. The van der Waals surface area contributed by atoms with Crippen molar-refractivity contribution in [2.45, 2.75) is 45.6 Å². The molecule has 1 aliphatic heterocycles. The Morgan fingerprint density at radius 2 is 1.82 bits per heavy atom. The van der Waals surface area contributed by atoms with Gasteiger partial charge in [0.15, 0.2) is 17.4 Å². The van der Waals surface area contributed by atoms with E-state index in [4.69, 9.17) is 4.42 Å². The van der Waals surface area contributed by atoms with E-state index in [9.17, 15) is 21.9 Å². The number of sulfonamides is 1. The van der Waals surface area contributed by atoms with Crippen LogP contribution in [0.2, 0.25) is 0 Å². The maximum atomic E-state index is 12.7. The van der Waals surface area contributed by atoms with Crippen LogP contribution in [0.1, 0.15) is 43.9 Å². The number of aliphatic imine (C=N–C) groups is 1. The molecule has 1 aliphatic rings. The first-order chi connectivity index (χ1) is 15.5. The zero-order chi connectivity index (χ0) is 25.6. The van der Waals surface area contributed by atoms with Crippen LogP contribution in [0.15, 0.2) is 43.0 Å². The molecular formula is C21H29N5O6S2. The number of anilines is 1. The van der Waals surface area contributed by atoms with Crippen molar-refractivity contribution in [1.29, 1.82) is 0 Å². The van der Waals surface area contributed by atoms with Gasteiger partial charge in [0.2, 0.25) is 10.0 Å². The average molecular weight is 512 g/mol. The fourth-order valence-corrected chi connectivity index (χ4v) is 5.35. The lowest BCUT2D eigenvalue weighted by molar-refractivity contribution is 0.284. The molecule has 1 atom stereocenters. The summed E-state index contributed by atoms with van der Waals surface area (Å²) < 4.78 is 62.6. The second-order valence-corrected chi connectivity index (χ2v) is 12.7. The molecule has 186 valence electrons. The molecule has 2 aromatic rings. The molecule has 2 heterocycles. The Morgan fingerprint density at radius 3 is 2.35 bits per heavy atom. The summed E-state index contributed by atoms with van der Waals surface area (Å²) in [6, 6.07) is 5.92. The number of benzene rings is 1. The van der Waals surface area contributed by atoms with Crippen molar-refractivity contribution in [1.82, 2.24) is 9.03 Å². The van der Waals surface area contributed by atoms with E-state index in [1.165, 1.54) is 26.2 Å². The predicted octanol–water partition coefficient (Wildman–Crippen LogP) is 2.70. The third-order valence-electron chi connectivity index (χ3n) is 5.09. The SMILES string of the molecule is Cc1ccc([C@H](N=C2NS(=O)(=O)N=C2Nc2ccc(C)c(S(=O)(=O)N(C)C)c2O)C(C)(C)C)o1. The molecule has 1 aromatic carbocycles. The predicted molar refractivity (Wildman–Crippen MR) is 130 cm³/mol. The summed E-state index contributed by atoms with van der Waals surface area (Å²) in [5.41, 5.74) is -0.168. The highest BCUT2D eigenvalue weighted by molar-refractivity contribution is 7.89. The number of furan rings is 1. The molecule has 0 saturated carbocycles. The van der Waals surface area contributed by atoms with E-state index in [0.717, 1.165) is 4.31 Å². The van der Waals surface area contributed by atoms with E-state index in [-0.39, 0.29) is 22.3 Å². The van der Waals surface area contributed by atoms with Crippen LogP contribution >= 0.6 is 0 Å². The minimum Gasteiger partial charge on any atom is -0.504 e. The van der Waals surface area contributed by atoms with Crippen molar-refractivity contribution in [3.05, 3.63) is 41.3 Å². The monoisotopic (exact) mass is 511 g/mol. The Hall–Kier alpha value is -2.90. The normalized spacial score (nSPS) is 18.1. The number of aromatic hydroxyl groups is 1. The van der Waals surface area contributed by atoms with Crippen LogP contribution in [0.4, 0.5) is 5.69 Å². The van der Waals surface area contributed by atoms with Crippen LogP contribution in [0.5, 0.6) is 5.75 Å². The fraction of sp³-hybridized carbons (Fsp3) is 0.429. The highest BCUT2D eigenvalue weighted by Crippen LogP contribution is 2.38. The zero-order valence-corrected chi connectivity index (χ0v) is 21.7. The second kappa shape index (κ2) is 8.71. The number of rotatable bonds is 5. The molecule has 34 heavy (non-hydrogen) atoms. The van der Waals surface area contributed by atoms with Gasteiger partial charge in [-0.3, -0.25) is 4.99 Å². The van der Waals surface area contributed by atoms with Crippen molar-refractivity contribution in [2.75, 3.05) is 19.4 Å². The van der Waals surface area contributed by atoms with Crippen molar-refractivity contribution >= 4 is 37.6 Å². The molecule has 0 aliphatic carbocycles. The van der Waals surface area contributed by atoms with E-state index < -0.39 is 37.4 Å². The van der Waals surface area contributed by atoms with Gasteiger partial charge in [0, 0.05) is 14.1 Å². The van der Waals surface area contributed by atoms with Gasteiger partial charge in [0.05, 0.1) is 5.69 Å². The smallest absolute Gasteiger partial charge is 0.345 e. The number of phenols is 1. The van der Waals surface area contributed by atoms with Gasteiger partial charge in [-0.2, -0.15) is 8.42 Å². The van der Waals surface area contributed by atoms with E-state index in [0.29, 0.717) is 17.1 Å². The Bertz CT molecular complexity index is 1380. The van der Waals surface area contributed by atoms with E-state index >= 15 is 0 Å². The zero-order valence-electron chi connectivity index (χ0n) is 20.0. The summed E-state index contributed by atoms with van der Waals surface area (Å²) in [6.45, 7) is 9.13. The summed E-state index contributed by atoms with van der Waals surface area (Å²) in [4.78, 5) is 4.28. The van der Waals surface area contributed by atoms with Crippen molar-refractivity contribution < 1.29 is 26.4 Å². The van der Waals surface area contributed by atoms with E-state index in [1.807, 2.05) is 20.8 Å². The first-order valence-corrected chi connectivity index (χ1v) is 13.2. The second-order valence-electron chi connectivity index (χ2n) is 9.23. The average Bonchev–Trinajstić information content (AvgIpc) is 3.22. The lowest BCUT2D eigenvalue weighted by Gasteiger charge is -2.26. The number of amidine groups is 2. The van der Waals surface area contributed by atoms with Gasteiger partial charge in [-0.25, -0.2) is 17.4 Å². The minimum absolute atomic E-state index is 0.0440. The highest BCUT2D eigenvalue weighted by Gasteiger charge is 2.34. The van der Waals surface area contributed by atoms with Crippen LogP contribution < -0.4 is 10.0 Å². The van der Waals surface area contributed by atoms with Crippen LogP contribution in [-0.2, 0) is 20.2 Å². The Balaban J connectivity index is 2.09. The summed E-state index contributed by atoms with van der Waals surface area (Å²) in [5.74, 6) is 0.383. The standard InChI is InChI=1S/C21H29N5O6S2/c1-12-8-10-14(16(27)17(12)33(28,29)26(6)7)22-19-20(25-34(30,31)24-19)23-18(21(3,4)5)15-11-9-13(2)32-15/h8-11,18,27H,1-7H3,(H,22,24)(H,23,25)/t18-/m0/s1. The molecule has 11 nitrogen and oxygen atoms in total. The molecule has 0 saturated heterocycles. The summed E-state index contributed by atoms with van der Waals surface area (Å²) in [6.07, 6.45) is 0. The van der Waals surface area contributed by atoms with E-state index in [1.54, 1.807) is 26.0 Å². The molecule has 0 fully saturated rings. The Labute approximate surface area is 199 Å². The molecule has 0 amide bonds. The number of hydrogen-bond donors (Lipinski definition) is 3. The lowest BCUT2D eigenvalue weighted by Crippen LogP contribution is -2.32. The molecule has 3 N–H and O–H groups in total. The minimum atomic E-state index is -4.10. The summed E-state index contributed by atoms with van der Waals surface area (Å²) >= 11 is 0. The topological polar surface area (TPSA) is 154 Å². The Morgan fingerprint density at radius 1 is 1.18 bits per heavy atom. The van der Waals surface area contributed by atoms with Gasteiger partial charge in [-0.1, -0.05) is 26.8 Å². The van der Waals surface area contributed by atoms with Gasteiger partial charge < -0.3 is 14.8 Å². The largest absolute Gasteiger partial charge is 0.504 e. The van der Waals surface area contributed by atoms with Gasteiger partial charge in [-0.15, -0.1) is 4.40 Å². The number of aryl methyl sites for hydroxylation is 2. The first kappa shape index (κ1) is 25.7. The number of nitrogens with zero attached hydrogens (tertiary/aromatic N) is 3. The van der Waals surface area contributed by atoms with Crippen LogP contribution in [0, 0.1) is 19.3 Å². The molecule has 0 unspecified atom stereocenters. The van der Waals surface area contributed by atoms with Crippen LogP contribution in [0.3, 0.4) is 0 Å². The van der Waals surface area contributed by atoms with Gasteiger partial charge in [0.1, 0.15) is 22.5 Å². The van der Waals surface area contributed by atoms with Gasteiger partial charge >= 0.3 is 10.2 Å². The molecule has 3 rings (SSSR count). The molecule has 0 spiro atoms. The highest BCUT2D eigenvalue weighted by atomic mass is 32.2. The van der Waals surface area contributed by atoms with Crippen molar-refractivity contribution in [2.24, 2.45) is 14.8 Å². The van der Waals surface area contributed by atoms with Crippen molar-refractivity contribution in [3.63, 3.8) is 0 Å². The van der Waals surface area contributed by atoms with Crippen molar-refractivity contribution in [3.8, 4) is 5.75 Å². The molecule has 0 radical (unpaired) electrons. The van der Waals surface area contributed by atoms with Crippen LogP contribution in [-0.4, -0.2) is 52.0 Å². The van der Waals surface area contributed by atoms with Crippen LogP contribution in [0.25, 0.3) is 0 Å². The summed E-state index contributed by atoms with van der Waals surface area (Å²) in [7, 11) is -5.38. The molecular weight excluding hydrogens is 482 g/mol.